The van der Waals surface area contributed by atoms with Crippen LogP contribution in [0.4, 0.5) is 0 Å². The van der Waals surface area contributed by atoms with Crippen LogP contribution in [0.25, 0.3) is 0 Å². The number of carbonyl (C=O) groups excluding carboxylic acids is 1. The predicted octanol–water partition coefficient (Wildman–Crippen LogP) is 0.0775. The van der Waals surface area contributed by atoms with E-state index in [0.717, 1.165) is 6.54 Å². The van der Waals surface area contributed by atoms with Gasteiger partial charge >= 0.3 is 5.97 Å². The van der Waals surface area contributed by atoms with Gasteiger partial charge in [-0.25, -0.2) is 0 Å². The number of esters is 1. The molecule has 0 aromatic heterocycles. The summed E-state index contributed by atoms with van der Waals surface area (Å²) >= 11 is 0. The molecule has 1 N–H and O–H groups in total. The molecular weight excluding hydrogens is 130 g/mol. The van der Waals surface area contributed by atoms with Crippen LogP contribution in [0.15, 0.2) is 12.2 Å². The lowest BCUT2D eigenvalue weighted by molar-refractivity contribution is -0.139. The topological polar surface area (TPSA) is 48.2 Å². The Morgan fingerprint density at radius 3 is 3.10 bits per heavy atom. The maximum atomic E-state index is 10.2. The van der Waals surface area contributed by atoms with E-state index in [1.54, 1.807) is 0 Å². The minimum Gasteiger partial charge on any atom is -0.462 e. The van der Waals surface area contributed by atoms with Crippen molar-refractivity contribution in [3.05, 3.63) is 12.2 Å². The van der Waals surface area contributed by atoms with Gasteiger partial charge in [0, 0.05) is 19.5 Å². The predicted molar refractivity (Wildman–Crippen MR) is 37.6 cm³/mol. The van der Waals surface area contributed by atoms with E-state index in [2.05, 4.69) is 10.1 Å². The van der Waals surface area contributed by atoms with E-state index in [9.17, 15) is 4.79 Å². The van der Waals surface area contributed by atoms with E-state index in [1.165, 1.54) is 6.92 Å². The lowest BCUT2D eigenvalue weighted by Gasteiger charge is -1.92. The van der Waals surface area contributed by atoms with Crippen LogP contribution in [-0.4, -0.2) is 25.2 Å². The number of rotatable bonds is 3. The van der Waals surface area contributed by atoms with Gasteiger partial charge in [-0.3, -0.25) is 4.79 Å². The highest BCUT2D eigenvalue weighted by atomic mass is 16.5. The number of hydrogen-bond acceptors (Lipinski definition) is 3. The summed E-state index contributed by atoms with van der Waals surface area (Å²) < 4.78 is 4.67. The van der Waals surface area contributed by atoms with Gasteiger partial charge < -0.3 is 10.1 Å². The number of hydrogen-bond donors (Lipinski definition) is 1. The molecule has 1 unspecified atom stereocenters. The highest BCUT2D eigenvalue weighted by Crippen LogP contribution is 1.97. The van der Waals surface area contributed by atoms with Crippen LogP contribution >= 0.6 is 0 Å². The zero-order valence-electron chi connectivity index (χ0n) is 5.96. The molecule has 1 fully saturated rings. The zero-order valence-corrected chi connectivity index (χ0v) is 5.96. The molecule has 1 heterocycles. The standard InChI is InChI=1S/C7H11NO2/c1-6(9)10-4-2-3-7-5-8-7/h2-3,7-8H,4-5H2,1H3. The van der Waals surface area contributed by atoms with Crippen LogP contribution in [0.2, 0.25) is 0 Å². The van der Waals surface area contributed by atoms with E-state index in [-0.39, 0.29) is 5.97 Å². The second kappa shape index (κ2) is 3.37. The number of ether oxygens (including phenoxy) is 1. The molecule has 0 bridgehead atoms. The Morgan fingerprint density at radius 1 is 1.90 bits per heavy atom. The Hall–Kier alpha value is -0.830. The van der Waals surface area contributed by atoms with E-state index in [0.29, 0.717) is 12.6 Å². The fourth-order valence-electron chi connectivity index (χ4n) is 0.589. The maximum absolute atomic E-state index is 10.2. The molecule has 0 amide bonds. The highest BCUT2D eigenvalue weighted by molar-refractivity contribution is 5.65. The van der Waals surface area contributed by atoms with Gasteiger partial charge in [-0.2, -0.15) is 0 Å². The molecule has 0 saturated carbocycles. The smallest absolute Gasteiger partial charge is 0.302 e. The average Bonchev–Trinajstić information content (AvgIpc) is 2.62. The minimum absolute atomic E-state index is 0.228. The van der Waals surface area contributed by atoms with Crippen LogP contribution in [0.3, 0.4) is 0 Å². The zero-order chi connectivity index (χ0) is 7.40. The summed E-state index contributed by atoms with van der Waals surface area (Å²) in [6.45, 7) is 2.85. The van der Waals surface area contributed by atoms with Gasteiger partial charge in [0.2, 0.25) is 0 Å². The molecule has 0 radical (unpaired) electrons. The molecule has 1 aliphatic heterocycles. The second-order valence-corrected chi connectivity index (χ2v) is 2.25. The Bertz CT molecular complexity index is 150. The summed E-state index contributed by atoms with van der Waals surface area (Å²) in [7, 11) is 0. The summed E-state index contributed by atoms with van der Waals surface area (Å²) in [6.07, 6.45) is 3.86. The van der Waals surface area contributed by atoms with Crippen molar-refractivity contribution in [2.45, 2.75) is 13.0 Å². The second-order valence-electron chi connectivity index (χ2n) is 2.25. The van der Waals surface area contributed by atoms with Crippen molar-refractivity contribution in [3.8, 4) is 0 Å². The van der Waals surface area contributed by atoms with Crippen LogP contribution in [-0.2, 0) is 9.53 Å². The molecule has 0 aliphatic carbocycles. The molecule has 1 saturated heterocycles. The quantitative estimate of drug-likeness (QED) is 0.344. The van der Waals surface area contributed by atoms with Crippen molar-refractivity contribution < 1.29 is 9.53 Å². The molecular formula is C7H11NO2. The van der Waals surface area contributed by atoms with Crippen molar-refractivity contribution in [1.82, 2.24) is 5.32 Å². The Kier molecular flexibility index (Phi) is 2.45. The number of nitrogens with one attached hydrogen (secondary N) is 1. The molecule has 1 atom stereocenters. The summed E-state index contributed by atoms with van der Waals surface area (Å²) in [4.78, 5) is 10.2. The Morgan fingerprint density at radius 2 is 2.60 bits per heavy atom. The minimum atomic E-state index is -0.228. The van der Waals surface area contributed by atoms with E-state index >= 15 is 0 Å². The molecule has 0 spiro atoms. The van der Waals surface area contributed by atoms with Crippen molar-refractivity contribution in [2.24, 2.45) is 0 Å². The molecule has 0 aromatic carbocycles. The van der Waals surface area contributed by atoms with Gasteiger partial charge in [0.15, 0.2) is 0 Å². The normalized spacial score (nSPS) is 23.1. The van der Waals surface area contributed by atoms with Gasteiger partial charge in [0.1, 0.15) is 6.61 Å². The molecule has 3 nitrogen and oxygen atoms in total. The summed E-state index contributed by atoms with van der Waals surface area (Å²) in [6, 6.07) is 0.524. The first kappa shape index (κ1) is 7.28. The Labute approximate surface area is 60.1 Å². The maximum Gasteiger partial charge on any atom is 0.302 e. The molecule has 3 heteroatoms. The highest BCUT2D eigenvalue weighted by Gasteiger charge is 2.14. The summed E-state index contributed by atoms with van der Waals surface area (Å²) in [5.74, 6) is -0.228. The molecule has 0 aromatic rings. The average molecular weight is 141 g/mol. The molecule has 1 aliphatic rings. The van der Waals surface area contributed by atoms with Crippen LogP contribution in [0.1, 0.15) is 6.92 Å². The van der Waals surface area contributed by atoms with Crippen molar-refractivity contribution in [1.29, 1.82) is 0 Å². The third kappa shape index (κ3) is 3.25. The van der Waals surface area contributed by atoms with E-state index < -0.39 is 0 Å². The van der Waals surface area contributed by atoms with Crippen molar-refractivity contribution >= 4 is 5.97 Å². The van der Waals surface area contributed by atoms with Gasteiger partial charge in [0.05, 0.1) is 0 Å². The van der Waals surface area contributed by atoms with E-state index in [4.69, 9.17) is 0 Å². The largest absolute Gasteiger partial charge is 0.462 e. The van der Waals surface area contributed by atoms with Crippen LogP contribution in [0, 0.1) is 0 Å². The monoisotopic (exact) mass is 141 g/mol. The molecule has 56 valence electrons. The van der Waals surface area contributed by atoms with Crippen LogP contribution < -0.4 is 5.32 Å². The van der Waals surface area contributed by atoms with Gasteiger partial charge in [-0.1, -0.05) is 6.08 Å². The molecule has 10 heavy (non-hydrogen) atoms. The van der Waals surface area contributed by atoms with Crippen molar-refractivity contribution in [3.63, 3.8) is 0 Å². The Balaban J connectivity index is 1.98. The lowest BCUT2D eigenvalue weighted by Crippen LogP contribution is -1.97. The third-order valence-electron chi connectivity index (χ3n) is 1.19. The first-order valence-corrected chi connectivity index (χ1v) is 3.32. The van der Waals surface area contributed by atoms with Gasteiger partial charge in [-0.05, 0) is 6.08 Å². The SMILES string of the molecule is CC(=O)OCC=CC1CN1. The van der Waals surface area contributed by atoms with Gasteiger partial charge in [-0.15, -0.1) is 0 Å². The first-order chi connectivity index (χ1) is 4.79. The summed E-state index contributed by atoms with van der Waals surface area (Å²) in [5, 5.41) is 3.10. The van der Waals surface area contributed by atoms with Crippen LogP contribution in [0.5, 0.6) is 0 Å². The fraction of sp³-hybridized carbons (Fsp3) is 0.571. The summed E-state index contributed by atoms with van der Waals surface area (Å²) in [5.41, 5.74) is 0. The first-order valence-electron chi connectivity index (χ1n) is 3.32. The van der Waals surface area contributed by atoms with Gasteiger partial charge in [0.25, 0.3) is 0 Å². The number of carbonyl (C=O) groups is 1. The molecule has 1 rings (SSSR count). The fourth-order valence-corrected chi connectivity index (χ4v) is 0.589. The van der Waals surface area contributed by atoms with E-state index in [1.807, 2.05) is 12.2 Å². The third-order valence-corrected chi connectivity index (χ3v) is 1.19. The van der Waals surface area contributed by atoms with Crippen molar-refractivity contribution in [2.75, 3.05) is 13.2 Å². The lowest BCUT2D eigenvalue weighted by atomic mass is 10.4.